The van der Waals surface area contributed by atoms with Gasteiger partial charge in [-0.25, -0.2) is 9.50 Å². The highest BCUT2D eigenvalue weighted by Gasteiger charge is 2.31. The number of nitrogens with zero attached hydrogens (tertiary/aromatic N) is 5. The van der Waals surface area contributed by atoms with Crippen LogP contribution in [0.2, 0.25) is 0 Å². The molecule has 0 bridgehead atoms. The van der Waals surface area contributed by atoms with Gasteiger partial charge in [0.05, 0.1) is 6.54 Å². The maximum Gasteiger partial charge on any atom is 0.573 e. The summed E-state index contributed by atoms with van der Waals surface area (Å²) >= 11 is 0. The number of hydrogen-bond donors (Lipinski definition) is 1. The van der Waals surface area contributed by atoms with Crippen molar-refractivity contribution in [3.8, 4) is 5.75 Å². The van der Waals surface area contributed by atoms with E-state index in [-0.39, 0.29) is 24.6 Å². The van der Waals surface area contributed by atoms with Gasteiger partial charge in [0.25, 0.3) is 5.78 Å². The molecule has 12 heteroatoms. The number of aromatic nitrogens is 4. The van der Waals surface area contributed by atoms with Crippen molar-refractivity contribution in [3.05, 3.63) is 47.5 Å². The van der Waals surface area contributed by atoms with Crippen molar-refractivity contribution in [1.82, 2.24) is 24.5 Å². The number of rotatable bonds is 7. The topological polar surface area (TPSA) is 102 Å². The highest BCUT2D eigenvalue weighted by Crippen LogP contribution is 2.24. The second-order valence-electron chi connectivity index (χ2n) is 7.10. The quantitative estimate of drug-likeness (QED) is 0.594. The number of fused-ring (bicyclic) bond motifs is 1. The van der Waals surface area contributed by atoms with Crippen LogP contribution < -0.4 is 10.1 Å². The molecule has 1 N–H and O–H groups in total. The number of nitrogens with one attached hydrogen (secondary N) is 1. The van der Waals surface area contributed by atoms with Crippen LogP contribution in [0.15, 0.2) is 30.6 Å². The molecule has 0 fully saturated rings. The van der Waals surface area contributed by atoms with E-state index in [9.17, 15) is 22.8 Å². The van der Waals surface area contributed by atoms with Crippen molar-refractivity contribution >= 4 is 23.3 Å². The molecule has 9 nitrogen and oxygen atoms in total. The Kier molecular flexibility index (Phi) is 6.61. The van der Waals surface area contributed by atoms with E-state index in [0.29, 0.717) is 12.2 Å². The third-order valence-electron chi connectivity index (χ3n) is 4.76. The van der Waals surface area contributed by atoms with Crippen LogP contribution >= 0.6 is 0 Å². The molecule has 1 aromatic carbocycles. The predicted octanol–water partition coefficient (Wildman–Crippen LogP) is 2.67. The number of likely N-dealkylation sites (N-methyl/N-ethyl adjacent to an activating group) is 1. The molecule has 0 aliphatic rings. The fourth-order valence-corrected chi connectivity index (χ4v) is 3.18. The van der Waals surface area contributed by atoms with Gasteiger partial charge in [-0.1, -0.05) is 0 Å². The summed E-state index contributed by atoms with van der Waals surface area (Å²) in [5, 5.41) is 6.64. The third-order valence-corrected chi connectivity index (χ3v) is 4.76. The van der Waals surface area contributed by atoms with Crippen molar-refractivity contribution in [2.75, 3.05) is 18.9 Å². The summed E-state index contributed by atoms with van der Waals surface area (Å²) in [6, 6.07) is 4.73. The minimum absolute atomic E-state index is 0.164. The molecule has 170 valence electrons. The van der Waals surface area contributed by atoms with Crippen LogP contribution in [0.25, 0.3) is 5.78 Å². The number of alkyl halides is 3. The van der Waals surface area contributed by atoms with Crippen molar-refractivity contribution in [3.63, 3.8) is 0 Å². The zero-order valence-electron chi connectivity index (χ0n) is 17.6. The van der Waals surface area contributed by atoms with Gasteiger partial charge < -0.3 is 15.0 Å². The molecule has 3 rings (SSSR count). The maximum atomic E-state index is 12.5. The molecular formula is C20H21F3N6O3. The maximum absolute atomic E-state index is 12.5. The van der Waals surface area contributed by atoms with Gasteiger partial charge in [0.15, 0.2) is 0 Å². The molecule has 0 unspecified atom stereocenters. The number of carbonyl (C=O) groups is 2. The van der Waals surface area contributed by atoms with Crippen molar-refractivity contribution in [2.24, 2.45) is 0 Å². The van der Waals surface area contributed by atoms with Gasteiger partial charge in [-0.3, -0.25) is 9.59 Å². The lowest BCUT2D eigenvalue weighted by atomic mass is 10.1. The molecule has 2 heterocycles. The molecular weight excluding hydrogens is 429 g/mol. The Morgan fingerprint density at radius 1 is 1.19 bits per heavy atom. The summed E-state index contributed by atoms with van der Waals surface area (Å²) in [6.07, 6.45) is -2.79. The molecule has 0 radical (unpaired) electrons. The molecule has 2 amide bonds. The molecule has 0 saturated carbocycles. The summed E-state index contributed by atoms with van der Waals surface area (Å²) in [5.74, 6) is -0.635. The highest BCUT2D eigenvalue weighted by atomic mass is 19.4. The fourth-order valence-electron chi connectivity index (χ4n) is 3.18. The molecule has 0 aliphatic heterocycles. The zero-order valence-corrected chi connectivity index (χ0v) is 17.6. The number of halogens is 3. The lowest BCUT2D eigenvalue weighted by Gasteiger charge is -2.18. The number of hydrogen-bond acceptors (Lipinski definition) is 6. The van der Waals surface area contributed by atoms with E-state index in [2.05, 4.69) is 25.1 Å². The summed E-state index contributed by atoms with van der Waals surface area (Å²) in [6.45, 7) is 3.50. The number of ether oxygens (including phenoxy) is 1. The Balaban J connectivity index is 1.52. The van der Waals surface area contributed by atoms with E-state index >= 15 is 0 Å². The third kappa shape index (κ3) is 5.71. The second kappa shape index (κ2) is 9.20. The average Bonchev–Trinajstić information content (AvgIpc) is 3.16. The Morgan fingerprint density at radius 2 is 1.88 bits per heavy atom. The normalized spacial score (nSPS) is 11.4. The zero-order chi connectivity index (χ0) is 23.5. The summed E-state index contributed by atoms with van der Waals surface area (Å²) < 4.78 is 42.0. The Labute approximate surface area is 181 Å². The summed E-state index contributed by atoms with van der Waals surface area (Å²) in [7, 11) is 1.50. The van der Waals surface area contributed by atoms with Gasteiger partial charge in [0.2, 0.25) is 11.8 Å². The number of amides is 2. The van der Waals surface area contributed by atoms with Gasteiger partial charge in [0, 0.05) is 30.5 Å². The van der Waals surface area contributed by atoms with Crippen LogP contribution in [0.1, 0.15) is 23.4 Å². The van der Waals surface area contributed by atoms with Crippen molar-refractivity contribution in [1.29, 1.82) is 0 Å². The van der Waals surface area contributed by atoms with Gasteiger partial charge in [-0.15, -0.1) is 13.2 Å². The van der Waals surface area contributed by atoms with Crippen LogP contribution in [-0.4, -0.2) is 56.3 Å². The van der Waals surface area contributed by atoms with Crippen LogP contribution in [0.5, 0.6) is 5.75 Å². The number of anilines is 1. The number of carbonyl (C=O) groups excluding carboxylic acids is 2. The smallest absolute Gasteiger partial charge is 0.406 e. The first kappa shape index (κ1) is 23.0. The van der Waals surface area contributed by atoms with E-state index in [1.54, 1.807) is 4.52 Å². The first-order valence-electron chi connectivity index (χ1n) is 9.59. The minimum Gasteiger partial charge on any atom is -0.406 e. The molecule has 0 saturated heterocycles. The average molecular weight is 450 g/mol. The van der Waals surface area contributed by atoms with Crippen molar-refractivity contribution in [2.45, 2.75) is 33.1 Å². The Bertz CT molecular complexity index is 1130. The molecule has 2 aromatic heterocycles. The molecule has 0 atom stereocenters. The minimum atomic E-state index is -4.79. The van der Waals surface area contributed by atoms with E-state index < -0.39 is 18.0 Å². The summed E-state index contributed by atoms with van der Waals surface area (Å²) in [4.78, 5) is 34.4. The lowest BCUT2D eigenvalue weighted by Crippen LogP contribution is -2.35. The highest BCUT2D eigenvalue weighted by molar-refractivity contribution is 5.94. The fraction of sp³-hybridized carbons (Fsp3) is 0.350. The van der Waals surface area contributed by atoms with Gasteiger partial charge in [-0.2, -0.15) is 10.1 Å². The Hall–Kier alpha value is -3.70. The van der Waals surface area contributed by atoms with Crippen LogP contribution in [0, 0.1) is 13.8 Å². The monoisotopic (exact) mass is 450 g/mol. The molecule has 0 aliphatic carbocycles. The standard InChI is InChI=1S/C20H21F3N6O3/c1-12-16(13(2)29-19(26-12)24-11-25-29)8-9-18(31)28(3)10-17(30)27-14-4-6-15(7-5-14)32-20(21,22)23/h4-7,11H,8-10H2,1-3H3,(H,27,30). The molecule has 3 aromatic rings. The molecule has 0 spiro atoms. The van der Waals surface area contributed by atoms with Crippen LogP contribution in [0.4, 0.5) is 18.9 Å². The first-order valence-corrected chi connectivity index (χ1v) is 9.59. The number of aryl methyl sites for hydroxylation is 2. The van der Waals surface area contributed by atoms with Crippen molar-refractivity contribution < 1.29 is 27.5 Å². The van der Waals surface area contributed by atoms with Crippen LogP contribution in [0.3, 0.4) is 0 Å². The van der Waals surface area contributed by atoms with Gasteiger partial charge in [0.1, 0.15) is 12.1 Å². The Morgan fingerprint density at radius 3 is 2.53 bits per heavy atom. The van der Waals surface area contributed by atoms with E-state index in [0.717, 1.165) is 29.1 Å². The first-order chi connectivity index (χ1) is 15.0. The SMILES string of the molecule is Cc1nc2ncnn2c(C)c1CCC(=O)N(C)CC(=O)Nc1ccc(OC(F)(F)F)cc1. The van der Waals surface area contributed by atoms with Gasteiger partial charge >= 0.3 is 6.36 Å². The van der Waals surface area contributed by atoms with E-state index in [4.69, 9.17) is 0 Å². The molecule has 32 heavy (non-hydrogen) atoms. The van der Waals surface area contributed by atoms with E-state index in [1.807, 2.05) is 13.8 Å². The van der Waals surface area contributed by atoms with Crippen LogP contribution in [-0.2, 0) is 16.0 Å². The largest absolute Gasteiger partial charge is 0.573 e. The second-order valence-corrected chi connectivity index (χ2v) is 7.10. The van der Waals surface area contributed by atoms with E-state index in [1.165, 1.54) is 30.4 Å². The number of benzene rings is 1. The summed E-state index contributed by atoms with van der Waals surface area (Å²) in [5.41, 5.74) is 2.77. The van der Waals surface area contributed by atoms with Gasteiger partial charge in [-0.05, 0) is 50.1 Å². The predicted molar refractivity (Wildman–Crippen MR) is 108 cm³/mol. The lowest BCUT2D eigenvalue weighted by molar-refractivity contribution is -0.274.